The van der Waals surface area contributed by atoms with Crippen molar-refractivity contribution in [2.45, 2.75) is 6.42 Å². The Labute approximate surface area is 136 Å². The molecular weight excluding hydrogens is 314 g/mol. The maximum Gasteiger partial charge on any atom is 0.267 e. The van der Waals surface area contributed by atoms with Crippen LogP contribution in [-0.2, 0) is 11.2 Å². The number of aromatic nitrogens is 3. The average Bonchev–Trinajstić information content (AvgIpc) is 3.27. The molecule has 3 aromatic rings. The minimum Gasteiger partial charge on any atom is -0.497 e. The van der Waals surface area contributed by atoms with E-state index in [0.29, 0.717) is 22.8 Å². The van der Waals surface area contributed by atoms with E-state index < -0.39 is 11.6 Å². The fraction of sp³-hybridized carbons (Fsp3) is 0.125. The van der Waals surface area contributed by atoms with Crippen LogP contribution in [0.3, 0.4) is 0 Å². The summed E-state index contributed by atoms with van der Waals surface area (Å²) in [6.45, 7) is 0. The van der Waals surface area contributed by atoms with Gasteiger partial charge in [0.25, 0.3) is 5.78 Å². The van der Waals surface area contributed by atoms with Gasteiger partial charge in [-0.1, -0.05) is 6.07 Å². The van der Waals surface area contributed by atoms with E-state index in [-0.39, 0.29) is 12.2 Å². The number of Topliss-reactive ketones (excluding diaryl/α,β-unsaturated/α-hetero) is 2. The summed E-state index contributed by atoms with van der Waals surface area (Å²) in [6, 6.07) is 6.98. The smallest absolute Gasteiger partial charge is 0.267 e. The largest absolute Gasteiger partial charge is 0.497 e. The summed E-state index contributed by atoms with van der Waals surface area (Å²) in [6.07, 6.45) is 3.77. The molecule has 122 valence electrons. The van der Waals surface area contributed by atoms with Crippen LogP contribution in [-0.4, -0.2) is 33.9 Å². The van der Waals surface area contributed by atoms with Crippen LogP contribution >= 0.6 is 0 Å². The lowest BCUT2D eigenvalue weighted by Crippen LogP contribution is -2.18. The van der Waals surface area contributed by atoms with Gasteiger partial charge in [-0.25, -0.2) is 4.98 Å². The van der Waals surface area contributed by atoms with E-state index in [9.17, 15) is 9.59 Å². The molecule has 0 unspecified atom stereocenters. The van der Waals surface area contributed by atoms with E-state index in [1.54, 1.807) is 31.4 Å². The molecule has 1 N–H and O–H groups in total. The highest BCUT2D eigenvalue weighted by molar-refractivity contribution is 6.43. The van der Waals surface area contributed by atoms with Gasteiger partial charge in [0, 0.05) is 18.1 Å². The highest BCUT2D eigenvalue weighted by atomic mass is 16.5. The number of nitrogens with one attached hydrogen (secondary N) is 1. The van der Waals surface area contributed by atoms with E-state index in [0.717, 1.165) is 0 Å². The molecule has 2 aromatic heterocycles. The number of carbonyl (C=O) groups is 2. The number of H-pyrrole nitrogens is 1. The quantitative estimate of drug-likeness (QED) is 0.523. The highest BCUT2D eigenvalue weighted by Gasteiger charge is 2.22. The van der Waals surface area contributed by atoms with Gasteiger partial charge in [0.05, 0.1) is 13.4 Å². The Morgan fingerprint density at radius 1 is 1.25 bits per heavy atom. The van der Waals surface area contributed by atoms with Crippen molar-refractivity contribution >= 4 is 11.6 Å². The predicted octanol–water partition coefficient (Wildman–Crippen LogP) is 2.19. The first kappa shape index (κ1) is 15.5. The molecular formula is C16H13N3O5. The molecule has 24 heavy (non-hydrogen) atoms. The number of aromatic amines is 1. The summed E-state index contributed by atoms with van der Waals surface area (Å²) in [5.41, 5.74) is 0.451. The Morgan fingerprint density at radius 3 is 2.83 bits per heavy atom. The first-order valence-corrected chi connectivity index (χ1v) is 6.97. The van der Waals surface area contributed by atoms with Crippen molar-refractivity contribution in [2.75, 3.05) is 7.11 Å². The zero-order chi connectivity index (χ0) is 16.9. The summed E-state index contributed by atoms with van der Waals surface area (Å²) in [4.78, 5) is 27.6. The molecule has 8 nitrogen and oxygen atoms in total. The molecule has 0 amide bonds. The Balaban J connectivity index is 1.73. The predicted molar refractivity (Wildman–Crippen MR) is 81.2 cm³/mol. The molecule has 0 aliphatic heterocycles. The summed E-state index contributed by atoms with van der Waals surface area (Å²) in [7, 11) is 1.55. The van der Waals surface area contributed by atoms with E-state index in [1.807, 2.05) is 0 Å². The van der Waals surface area contributed by atoms with Gasteiger partial charge in [-0.05, 0) is 12.1 Å². The second-order valence-corrected chi connectivity index (χ2v) is 4.79. The molecule has 8 heteroatoms. The average molecular weight is 327 g/mol. The van der Waals surface area contributed by atoms with Crippen LogP contribution in [0.4, 0.5) is 0 Å². The lowest BCUT2D eigenvalue weighted by molar-refractivity contribution is -0.114. The second kappa shape index (κ2) is 6.78. The van der Waals surface area contributed by atoms with Gasteiger partial charge in [0.15, 0.2) is 5.75 Å². The summed E-state index contributed by atoms with van der Waals surface area (Å²) < 4.78 is 15.9. The van der Waals surface area contributed by atoms with Crippen LogP contribution in [0.25, 0.3) is 0 Å². The van der Waals surface area contributed by atoms with Crippen LogP contribution in [0, 0.1) is 0 Å². The number of hydrogen-bond acceptors (Lipinski definition) is 7. The molecule has 0 aliphatic carbocycles. The first-order chi connectivity index (χ1) is 11.7. The van der Waals surface area contributed by atoms with Crippen LogP contribution < -0.4 is 9.47 Å². The number of ketones is 2. The Morgan fingerprint density at radius 2 is 2.08 bits per heavy atom. The second-order valence-electron chi connectivity index (χ2n) is 4.79. The van der Waals surface area contributed by atoms with Crippen molar-refractivity contribution in [3.8, 4) is 17.2 Å². The highest BCUT2D eigenvalue weighted by Crippen LogP contribution is 2.29. The number of furan rings is 1. The molecule has 0 saturated carbocycles. The van der Waals surface area contributed by atoms with Crippen LogP contribution in [0.5, 0.6) is 17.2 Å². The van der Waals surface area contributed by atoms with Crippen molar-refractivity contribution in [3.05, 3.63) is 54.5 Å². The van der Waals surface area contributed by atoms with E-state index in [4.69, 9.17) is 13.9 Å². The first-order valence-electron chi connectivity index (χ1n) is 6.97. The minimum absolute atomic E-state index is 0.168. The van der Waals surface area contributed by atoms with Crippen molar-refractivity contribution in [2.24, 2.45) is 0 Å². The molecule has 1 aromatic carbocycles. The Bertz CT molecular complexity index is 854. The SMILES string of the molecule is COc1cccc(Oc2cocc2CC(=O)C(=O)c2nc[nH]n2)c1. The molecule has 3 rings (SSSR count). The lowest BCUT2D eigenvalue weighted by atomic mass is 10.1. The summed E-state index contributed by atoms with van der Waals surface area (Å²) >= 11 is 0. The normalized spacial score (nSPS) is 10.4. The third kappa shape index (κ3) is 3.32. The molecule has 0 fully saturated rings. The van der Waals surface area contributed by atoms with E-state index in [2.05, 4.69) is 15.2 Å². The van der Waals surface area contributed by atoms with Crippen molar-refractivity contribution in [1.82, 2.24) is 15.2 Å². The van der Waals surface area contributed by atoms with Crippen LogP contribution in [0.1, 0.15) is 16.2 Å². The molecule has 0 aliphatic rings. The van der Waals surface area contributed by atoms with Gasteiger partial charge in [0.1, 0.15) is 24.1 Å². The Hall–Kier alpha value is -3.42. The fourth-order valence-corrected chi connectivity index (χ4v) is 2.02. The summed E-state index contributed by atoms with van der Waals surface area (Å²) in [5.74, 6) is -0.104. The minimum atomic E-state index is -0.773. The van der Waals surface area contributed by atoms with Gasteiger partial charge in [-0.2, -0.15) is 0 Å². The number of ether oxygens (including phenoxy) is 2. The van der Waals surface area contributed by atoms with Gasteiger partial charge in [-0.3, -0.25) is 14.7 Å². The van der Waals surface area contributed by atoms with Crippen molar-refractivity contribution in [1.29, 1.82) is 0 Å². The lowest BCUT2D eigenvalue weighted by Gasteiger charge is -2.07. The topological polar surface area (TPSA) is 107 Å². The number of rotatable bonds is 7. The fourth-order valence-electron chi connectivity index (χ4n) is 2.02. The van der Waals surface area contributed by atoms with E-state index >= 15 is 0 Å². The standard InChI is InChI=1S/C16H13N3O5/c1-22-11-3-2-4-12(6-11)24-14-8-23-7-10(14)5-13(20)15(21)16-17-9-18-19-16/h2-4,6-9H,5H2,1H3,(H,17,18,19). The zero-order valence-corrected chi connectivity index (χ0v) is 12.7. The number of hydrogen-bond donors (Lipinski definition) is 1. The molecule has 0 spiro atoms. The number of carbonyl (C=O) groups excluding carboxylic acids is 2. The van der Waals surface area contributed by atoms with Crippen molar-refractivity contribution < 1.29 is 23.5 Å². The van der Waals surface area contributed by atoms with Gasteiger partial charge < -0.3 is 13.9 Å². The van der Waals surface area contributed by atoms with Gasteiger partial charge in [-0.15, -0.1) is 5.10 Å². The Kier molecular flexibility index (Phi) is 4.37. The third-order valence-corrected chi connectivity index (χ3v) is 3.19. The van der Waals surface area contributed by atoms with Crippen LogP contribution in [0.15, 0.2) is 47.5 Å². The molecule has 0 saturated heterocycles. The molecule has 0 bridgehead atoms. The maximum atomic E-state index is 12.1. The van der Waals surface area contributed by atoms with Crippen molar-refractivity contribution in [3.63, 3.8) is 0 Å². The molecule has 2 heterocycles. The zero-order valence-electron chi connectivity index (χ0n) is 12.7. The summed E-state index contributed by atoms with van der Waals surface area (Å²) in [5, 5.41) is 5.99. The number of nitrogens with zero attached hydrogens (tertiary/aromatic N) is 2. The monoisotopic (exact) mass is 327 g/mol. The number of methoxy groups -OCH3 is 1. The van der Waals surface area contributed by atoms with E-state index in [1.165, 1.54) is 18.9 Å². The molecule has 0 atom stereocenters. The maximum absolute atomic E-state index is 12.1. The third-order valence-electron chi connectivity index (χ3n) is 3.19. The number of benzene rings is 1. The molecule has 0 radical (unpaired) electrons. The van der Waals surface area contributed by atoms with Gasteiger partial charge in [0.2, 0.25) is 11.6 Å². The van der Waals surface area contributed by atoms with Crippen LogP contribution in [0.2, 0.25) is 0 Å². The van der Waals surface area contributed by atoms with Gasteiger partial charge >= 0.3 is 0 Å².